The number of amides is 1. The van der Waals surface area contributed by atoms with Gasteiger partial charge in [-0.3, -0.25) is 9.69 Å². The third-order valence-electron chi connectivity index (χ3n) is 8.51. The number of nitriles is 1. The molecule has 8 nitrogen and oxygen atoms in total. The van der Waals surface area contributed by atoms with E-state index in [1.165, 1.54) is 0 Å². The molecule has 2 aliphatic carbocycles. The summed E-state index contributed by atoms with van der Waals surface area (Å²) in [5.41, 5.74) is 5.63. The Bertz CT molecular complexity index is 1710. The van der Waals surface area contributed by atoms with Gasteiger partial charge in [0.25, 0.3) is 5.91 Å². The Morgan fingerprint density at radius 1 is 1.10 bits per heavy atom. The minimum absolute atomic E-state index is 0.0810. The fourth-order valence-electron chi connectivity index (χ4n) is 5.81. The molecular weight excluding hydrogens is 517 g/mol. The fraction of sp³-hybridized carbons (Fsp3) is 0.344. The van der Waals surface area contributed by atoms with Crippen LogP contribution in [0, 0.1) is 11.3 Å². The van der Waals surface area contributed by atoms with Crippen molar-refractivity contribution < 1.29 is 9.18 Å². The third kappa shape index (κ3) is 4.78. The quantitative estimate of drug-likeness (QED) is 0.316. The maximum absolute atomic E-state index is 14.4. The Hall–Kier alpha value is -4.42. The van der Waals surface area contributed by atoms with Gasteiger partial charge in [-0.25, -0.2) is 9.37 Å². The van der Waals surface area contributed by atoms with Crippen molar-refractivity contribution in [2.75, 3.05) is 11.4 Å². The Balaban J connectivity index is 1.21. The molecule has 0 bridgehead atoms. The van der Waals surface area contributed by atoms with Crippen LogP contribution in [0.3, 0.4) is 0 Å². The summed E-state index contributed by atoms with van der Waals surface area (Å²) >= 11 is 0. The van der Waals surface area contributed by atoms with E-state index in [-0.39, 0.29) is 5.91 Å². The molecule has 9 heteroatoms. The van der Waals surface area contributed by atoms with Crippen LogP contribution in [0.5, 0.6) is 0 Å². The summed E-state index contributed by atoms with van der Waals surface area (Å²) in [6, 6.07) is 17.8. The van der Waals surface area contributed by atoms with Gasteiger partial charge in [0.05, 0.1) is 18.2 Å². The van der Waals surface area contributed by atoms with Gasteiger partial charge >= 0.3 is 0 Å². The van der Waals surface area contributed by atoms with Crippen LogP contribution in [0.25, 0.3) is 22.5 Å². The van der Waals surface area contributed by atoms with Gasteiger partial charge in [-0.1, -0.05) is 18.2 Å². The fourth-order valence-corrected chi connectivity index (χ4v) is 5.81. The van der Waals surface area contributed by atoms with E-state index in [4.69, 9.17) is 4.98 Å². The zero-order chi connectivity index (χ0) is 28.1. The molecule has 0 radical (unpaired) electrons. The molecule has 2 aromatic carbocycles. The number of hydrogen-bond donors (Lipinski definition) is 1. The molecule has 206 valence electrons. The number of rotatable bonds is 8. The standard InChI is InChI=1S/C32H30FN7O/c1-39-19-36-38-30(39)27-11-20(15-34)4-8-25(27)24-13-28(22-6-7-22)37-29(14-24)40-17-23-5-3-21(12-26(23)31(40)41)16-35-18-32(33)9-2-10-32/h3-5,8,11-14,19,22,35H,2,6-7,9-10,16-18H2,1H3. The summed E-state index contributed by atoms with van der Waals surface area (Å²) in [5.74, 6) is 1.56. The lowest BCUT2D eigenvalue weighted by molar-refractivity contribution is 0.0630. The third-order valence-corrected chi connectivity index (χ3v) is 8.51. The molecule has 0 spiro atoms. The van der Waals surface area contributed by atoms with Crippen molar-refractivity contribution in [1.82, 2.24) is 25.1 Å². The second-order valence-corrected chi connectivity index (χ2v) is 11.5. The van der Waals surface area contributed by atoms with E-state index >= 15 is 0 Å². The zero-order valence-corrected chi connectivity index (χ0v) is 22.9. The molecule has 0 saturated heterocycles. The van der Waals surface area contributed by atoms with E-state index in [0.29, 0.717) is 61.2 Å². The van der Waals surface area contributed by atoms with Gasteiger partial charge in [0.1, 0.15) is 17.8 Å². The lowest BCUT2D eigenvalue weighted by Crippen LogP contribution is -2.42. The molecule has 2 aromatic heterocycles. The van der Waals surface area contributed by atoms with E-state index in [1.54, 1.807) is 17.3 Å². The van der Waals surface area contributed by atoms with Crippen LogP contribution >= 0.6 is 0 Å². The van der Waals surface area contributed by atoms with E-state index in [9.17, 15) is 14.4 Å². The summed E-state index contributed by atoms with van der Waals surface area (Å²) < 4.78 is 16.2. The number of anilines is 1. The summed E-state index contributed by atoms with van der Waals surface area (Å²) in [6.07, 6.45) is 5.97. The number of halogens is 1. The number of benzene rings is 2. The monoisotopic (exact) mass is 547 g/mol. The van der Waals surface area contributed by atoms with Crippen molar-refractivity contribution in [3.63, 3.8) is 0 Å². The van der Waals surface area contributed by atoms with Crippen molar-refractivity contribution in [1.29, 1.82) is 5.26 Å². The first-order chi connectivity index (χ1) is 19.9. The first-order valence-corrected chi connectivity index (χ1v) is 14.1. The topological polar surface area (TPSA) is 99.7 Å². The van der Waals surface area contributed by atoms with E-state index in [1.807, 2.05) is 48.0 Å². The average molecular weight is 548 g/mol. The Labute approximate surface area is 237 Å². The van der Waals surface area contributed by atoms with E-state index in [0.717, 1.165) is 52.8 Å². The lowest BCUT2D eigenvalue weighted by Gasteiger charge is -2.33. The van der Waals surface area contributed by atoms with Gasteiger partial charge in [-0.2, -0.15) is 5.26 Å². The highest BCUT2D eigenvalue weighted by Gasteiger charge is 2.36. The highest BCUT2D eigenvalue weighted by Crippen LogP contribution is 2.43. The number of nitrogens with zero attached hydrogens (tertiary/aromatic N) is 6. The number of aromatic nitrogens is 4. The molecule has 4 aromatic rings. The number of hydrogen-bond acceptors (Lipinski definition) is 6. The van der Waals surface area contributed by atoms with Crippen molar-refractivity contribution in [2.45, 2.75) is 56.8 Å². The molecule has 3 heterocycles. The summed E-state index contributed by atoms with van der Waals surface area (Å²) in [5, 5.41) is 21.1. The molecule has 1 amide bonds. The number of fused-ring (bicyclic) bond motifs is 1. The summed E-state index contributed by atoms with van der Waals surface area (Å²) in [4.78, 5) is 20.4. The molecule has 0 unspecified atom stereocenters. The predicted octanol–water partition coefficient (Wildman–Crippen LogP) is 5.44. The maximum atomic E-state index is 14.4. The number of carbonyl (C=O) groups excluding carboxylic acids is 1. The molecule has 7 rings (SSSR count). The summed E-state index contributed by atoms with van der Waals surface area (Å²) in [6.45, 7) is 1.31. The Morgan fingerprint density at radius 3 is 2.66 bits per heavy atom. The number of nitrogens with one attached hydrogen (secondary N) is 1. The first kappa shape index (κ1) is 25.5. The van der Waals surface area contributed by atoms with Gasteiger partial charge in [-0.05, 0) is 84.7 Å². The molecule has 1 aliphatic heterocycles. The molecule has 1 N–H and O–H groups in total. The molecule has 41 heavy (non-hydrogen) atoms. The van der Waals surface area contributed by atoms with Crippen molar-refractivity contribution in [2.24, 2.45) is 7.05 Å². The SMILES string of the molecule is Cn1cnnc1-c1cc(C#N)ccc1-c1cc(C2CC2)nc(N2Cc3ccc(CNCC4(F)CCC4)cc3C2=O)c1. The number of alkyl halides is 1. The summed E-state index contributed by atoms with van der Waals surface area (Å²) in [7, 11) is 1.87. The van der Waals surface area contributed by atoms with Gasteiger partial charge in [0.15, 0.2) is 5.82 Å². The lowest BCUT2D eigenvalue weighted by atomic mass is 9.82. The minimum atomic E-state index is -1.08. The highest BCUT2D eigenvalue weighted by molar-refractivity contribution is 6.10. The molecule has 2 saturated carbocycles. The Kier molecular flexibility index (Phi) is 6.16. The van der Waals surface area contributed by atoms with Crippen LogP contribution in [0.15, 0.2) is 54.9 Å². The van der Waals surface area contributed by atoms with Crippen LogP contribution in [0.2, 0.25) is 0 Å². The number of aryl methyl sites for hydroxylation is 1. The molecule has 3 aliphatic rings. The maximum Gasteiger partial charge on any atom is 0.260 e. The van der Waals surface area contributed by atoms with Crippen molar-refractivity contribution >= 4 is 11.7 Å². The van der Waals surface area contributed by atoms with Crippen LogP contribution < -0.4 is 10.2 Å². The second kappa shape index (κ2) is 9.89. The highest BCUT2D eigenvalue weighted by atomic mass is 19.1. The van der Waals surface area contributed by atoms with E-state index < -0.39 is 5.67 Å². The smallest absolute Gasteiger partial charge is 0.260 e. The zero-order valence-electron chi connectivity index (χ0n) is 22.9. The van der Waals surface area contributed by atoms with Gasteiger partial charge in [-0.15, -0.1) is 10.2 Å². The average Bonchev–Trinajstić information content (AvgIpc) is 3.66. The largest absolute Gasteiger partial charge is 0.317 e. The molecular formula is C32H30FN7O. The van der Waals surface area contributed by atoms with Gasteiger partial charge < -0.3 is 9.88 Å². The van der Waals surface area contributed by atoms with Crippen molar-refractivity contribution in [3.05, 3.63) is 82.8 Å². The first-order valence-electron chi connectivity index (χ1n) is 14.1. The van der Waals surface area contributed by atoms with Gasteiger partial charge in [0, 0.05) is 42.9 Å². The van der Waals surface area contributed by atoms with Crippen LogP contribution in [0.4, 0.5) is 10.2 Å². The number of pyridine rings is 1. The molecule has 0 atom stereocenters. The van der Waals surface area contributed by atoms with Crippen LogP contribution in [-0.4, -0.2) is 37.9 Å². The minimum Gasteiger partial charge on any atom is -0.317 e. The van der Waals surface area contributed by atoms with Gasteiger partial charge in [0.2, 0.25) is 0 Å². The van der Waals surface area contributed by atoms with Crippen molar-refractivity contribution in [3.8, 4) is 28.6 Å². The van der Waals surface area contributed by atoms with Crippen LogP contribution in [0.1, 0.15) is 70.8 Å². The predicted molar refractivity (Wildman–Crippen MR) is 153 cm³/mol. The normalized spacial score (nSPS) is 17.3. The van der Waals surface area contributed by atoms with E-state index in [2.05, 4.69) is 27.6 Å². The van der Waals surface area contributed by atoms with Crippen LogP contribution in [-0.2, 0) is 20.1 Å². The molecule has 2 fully saturated rings. The number of carbonyl (C=O) groups is 1. The second-order valence-electron chi connectivity index (χ2n) is 11.5. The Morgan fingerprint density at radius 2 is 1.95 bits per heavy atom.